The molecule has 1 aliphatic rings. The molecule has 0 spiro atoms. The highest BCUT2D eigenvalue weighted by Crippen LogP contribution is 2.38. The highest BCUT2D eigenvalue weighted by atomic mass is 32.2. The van der Waals surface area contributed by atoms with Gasteiger partial charge in [-0.2, -0.15) is 5.26 Å². The number of hydrogen-bond acceptors (Lipinski definition) is 6. The smallest absolute Gasteiger partial charge is 0.179 e. The number of fused-ring (bicyclic) bond motifs is 3. The van der Waals surface area contributed by atoms with E-state index in [1.165, 1.54) is 13.1 Å². The Bertz CT molecular complexity index is 1260. The third-order valence-corrected chi connectivity index (χ3v) is 6.51. The number of aromatic nitrogens is 1. The van der Waals surface area contributed by atoms with Gasteiger partial charge in [0.15, 0.2) is 15.6 Å². The second-order valence-electron chi connectivity index (χ2n) is 6.43. The number of sulfone groups is 1. The van der Waals surface area contributed by atoms with Crippen molar-refractivity contribution in [3.8, 4) is 6.07 Å². The molecule has 1 aliphatic heterocycles. The second-order valence-corrected chi connectivity index (χ2v) is 8.50. The Morgan fingerprint density at radius 3 is 2.81 bits per heavy atom. The molecule has 0 saturated carbocycles. The predicted molar refractivity (Wildman–Crippen MR) is 102 cm³/mol. The number of carbonyl (C=O) groups is 1. The van der Waals surface area contributed by atoms with Crippen LogP contribution in [0.4, 0.5) is 11.4 Å². The predicted octanol–water partition coefficient (Wildman–Crippen LogP) is 3.38. The minimum atomic E-state index is -3.31. The van der Waals surface area contributed by atoms with Crippen LogP contribution in [0, 0.1) is 11.3 Å². The number of anilines is 2. The van der Waals surface area contributed by atoms with Crippen LogP contribution in [0.2, 0.25) is 0 Å². The zero-order valence-corrected chi connectivity index (χ0v) is 15.3. The molecule has 1 N–H and O–H groups in total. The molecule has 0 saturated heterocycles. The lowest BCUT2D eigenvalue weighted by molar-refractivity contribution is 0.101. The number of nitriles is 1. The molecule has 2 aromatic carbocycles. The lowest BCUT2D eigenvalue weighted by Crippen LogP contribution is -2.01. The molecule has 0 atom stereocenters. The molecule has 0 fully saturated rings. The first kappa shape index (κ1) is 17.2. The van der Waals surface area contributed by atoms with Crippen LogP contribution in [0.1, 0.15) is 28.4 Å². The average molecular weight is 377 g/mol. The van der Waals surface area contributed by atoms with Crippen LogP contribution < -0.4 is 5.32 Å². The zero-order chi connectivity index (χ0) is 19.2. The first-order chi connectivity index (χ1) is 12.9. The van der Waals surface area contributed by atoms with Crippen molar-refractivity contribution in [3.63, 3.8) is 0 Å². The highest BCUT2D eigenvalue weighted by molar-refractivity contribution is 7.91. The summed E-state index contributed by atoms with van der Waals surface area (Å²) in [4.78, 5) is 16.3. The van der Waals surface area contributed by atoms with Crippen LogP contribution in [-0.2, 0) is 16.3 Å². The summed E-state index contributed by atoms with van der Waals surface area (Å²) >= 11 is 0. The van der Waals surface area contributed by atoms with Crippen LogP contribution in [0.25, 0.3) is 10.9 Å². The van der Waals surface area contributed by atoms with Gasteiger partial charge in [-0.3, -0.25) is 9.78 Å². The Labute approximate surface area is 156 Å². The van der Waals surface area contributed by atoms with E-state index in [2.05, 4.69) is 16.4 Å². The quantitative estimate of drug-likeness (QED) is 0.702. The van der Waals surface area contributed by atoms with Gasteiger partial charge >= 0.3 is 0 Å². The van der Waals surface area contributed by atoms with Crippen LogP contribution in [0.3, 0.4) is 0 Å². The van der Waals surface area contributed by atoms with Gasteiger partial charge in [0.2, 0.25) is 0 Å². The molecule has 27 heavy (non-hydrogen) atoms. The monoisotopic (exact) mass is 377 g/mol. The summed E-state index contributed by atoms with van der Waals surface area (Å²) in [5, 5.41) is 13.4. The lowest BCUT2D eigenvalue weighted by Gasteiger charge is -2.14. The van der Waals surface area contributed by atoms with Crippen LogP contribution in [-0.4, -0.2) is 24.9 Å². The summed E-state index contributed by atoms with van der Waals surface area (Å²) < 4.78 is 24.6. The number of aryl methyl sites for hydroxylation is 1. The second kappa shape index (κ2) is 6.18. The van der Waals surface area contributed by atoms with E-state index in [1.54, 1.807) is 36.4 Å². The summed E-state index contributed by atoms with van der Waals surface area (Å²) in [5.74, 6) is -0.0111. The molecule has 0 bridgehead atoms. The Morgan fingerprint density at radius 2 is 2.07 bits per heavy atom. The van der Waals surface area contributed by atoms with Crippen LogP contribution in [0.5, 0.6) is 0 Å². The summed E-state index contributed by atoms with van der Waals surface area (Å²) in [6.45, 7) is 1.49. The van der Waals surface area contributed by atoms with Gasteiger partial charge in [-0.25, -0.2) is 8.42 Å². The van der Waals surface area contributed by atoms with Crippen molar-refractivity contribution in [3.05, 3.63) is 59.3 Å². The van der Waals surface area contributed by atoms with Crippen molar-refractivity contribution < 1.29 is 13.2 Å². The number of rotatable bonds is 3. The van der Waals surface area contributed by atoms with Gasteiger partial charge in [0, 0.05) is 22.8 Å². The average Bonchev–Trinajstić information content (AvgIpc) is 2.97. The molecule has 1 aromatic heterocycles. The van der Waals surface area contributed by atoms with Crippen molar-refractivity contribution in [2.45, 2.75) is 18.2 Å². The van der Waals surface area contributed by atoms with Crippen LogP contribution in [0.15, 0.2) is 47.5 Å². The number of nitrogens with zero attached hydrogens (tertiary/aromatic N) is 2. The van der Waals surface area contributed by atoms with Crippen molar-refractivity contribution in [1.29, 1.82) is 5.26 Å². The summed E-state index contributed by atoms with van der Waals surface area (Å²) in [7, 11) is -3.31. The fraction of sp³-hybridized carbons (Fsp3) is 0.150. The minimum absolute atomic E-state index is 0.0531. The minimum Gasteiger partial charge on any atom is -0.354 e. The number of Topliss-reactive ketones (excluding diaryl/α,β-unsaturated/α-hetero) is 1. The number of nitrogens with one attached hydrogen (secondary N) is 1. The first-order valence-electron chi connectivity index (χ1n) is 8.36. The van der Waals surface area contributed by atoms with Crippen molar-refractivity contribution >= 4 is 37.9 Å². The molecule has 4 rings (SSSR count). The Balaban J connectivity index is 1.97. The summed E-state index contributed by atoms with van der Waals surface area (Å²) in [6, 6.07) is 12.3. The van der Waals surface area contributed by atoms with E-state index in [9.17, 15) is 18.5 Å². The Morgan fingerprint density at radius 1 is 1.26 bits per heavy atom. The number of pyridine rings is 1. The number of hydrogen-bond donors (Lipinski definition) is 1. The van der Waals surface area contributed by atoms with Crippen LogP contribution >= 0.6 is 0 Å². The standard InChI is InChI=1S/C20H15N3O3S/c1-12(24)13-3-2-4-15(9-13)23-20-14(10-21)11-22-17-5-6-18-16(19(17)20)7-8-27(18,25)26/h2-6,9,11H,7-8H2,1H3,(H,22,23). The third kappa shape index (κ3) is 2.84. The maximum absolute atomic E-state index is 12.3. The van der Waals surface area contributed by atoms with Gasteiger partial charge in [-0.05, 0) is 43.2 Å². The van der Waals surface area contributed by atoms with Crippen molar-refractivity contribution in [1.82, 2.24) is 4.98 Å². The van der Waals surface area contributed by atoms with Gasteiger partial charge in [0.1, 0.15) is 6.07 Å². The summed E-state index contributed by atoms with van der Waals surface area (Å²) in [5.41, 5.74) is 3.32. The SMILES string of the molecule is CC(=O)c1cccc(Nc2c(C#N)cnc3ccc4c(c23)CCS4(=O)=O)c1. The molecule has 2 heterocycles. The van der Waals surface area contributed by atoms with Crippen molar-refractivity contribution in [2.75, 3.05) is 11.1 Å². The number of benzene rings is 2. The number of carbonyl (C=O) groups excluding carboxylic acids is 1. The van der Waals surface area contributed by atoms with Gasteiger partial charge < -0.3 is 5.32 Å². The Kier molecular flexibility index (Phi) is 3.93. The highest BCUT2D eigenvalue weighted by Gasteiger charge is 2.29. The zero-order valence-electron chi connectivity index (χ0n) is 14.5. The maximum atomic E-state index is 12.3. The topological polar surface area (TPSA) is 99.9 Å². The van der Waals surface area contributed by atoms with E-state index in [1.807, 2.05) is 0 Å². The number of ketones is 1. The molecule has 0 radical (unpaired) electrons. The Hall–Kier alpha value is -3.24. The van der Waals surface area contributed by atoms with Gasteiger partial charge in [0.05, 0.1) is 27.4 Å². The molecule has 7 heteroatoms. The fourth-order valence-corrected chi connectivity index (χ4v) is 4.94. The molecular formula is C20H15N3O3S. The largest absolute Gasteiger partial charge is 0.354 e. The van der Waals surface area contributed by atoms with E-state index < -0.39 is 9.84 Å². The van der Waals surface area contributed by atoms with Gasteiger partial charge in [-0.15, -0.1) is 0 Å². The van der Waals surface area contributed by atoms with E-state index >= 15 is 0 Å². The lowest BCUT2D eigenvalue weighted by atomic mass is 10.0. The van der Waals surface area contributed by atoms with Gasteiger partial charge in [-0.1, -0.05) is 12.1 Å². The molecule has 6 nitrogen and oxygen atoms in total. The molecule has 3 aromatic rings. The van der Waals surface area contributed by atoms with E-state index in [-0.39, 0.29) is 11.5 Å². The molecule has 0 aliphatic carbocycles. The van der Waals surface area contributed by atoms with Crippen molar-refractivity contribution in [2.24, 2.45) is 0 Å². The molecule has 0 amide bonds. The third-order valence-electron chi connectivity index (χ3n) is 4.71. The maximum Gasteiger partial charge on any atom is 0.179 e. The molecule has 134 valence electrons. The normalized spacial score (nSPS) is 14.5. The summed E-state index contributed by atoms with van der Waals surface area (Å²) in [6.07, 6.45) is 1.85. The van der Waals surface area contributed by atoms with E-state index in [0.717, 1.165) is 0 Å². The van der Waals surface area contributed by atoms with E-state index in [0.29, 0.717) is 50.3 Å². The van der Waals surface area contributed by atoms with E-state index in [4.69, 9.17) is 0 Å². The molecule has 0 unspecified atom stereocenters. The first-order valence-corrected chi connectivity index (χ1v) is 10.0. The van der Waals surface area contributed by atoms with Gasteiger partial charge in [0.25, 0.3) is 0 Å². The fourth-order valence-electron chi connectivity index (χ4n) is 3.40. The molecular weight excluding hydrogens is 362 g/mol.